The lowest BCUT2D eigenvalue weighted by Crippen LogP contribution is -2.07. The van der Waals surface area contributed by atoms with Crippen molar-refractivity contribution in [2.45, 2.75) is 25.2 Å². The molecule has 0 amide bonds. The molecule has 1 aromatic carbocycles. The summed E-state index contributed by atoms with van der Waals surface area (Å²) in [4.78, 5) is 11.7. The van der Waals surface area contributed by atoms with Crippen LogP contribution in [0.25, 0.3) is 0 Å². The Kier molecular flexibility index (Phi) is 4.03. The van der Waals surface area contributed by atoms with Crippen molar-refractivity contribution in [1.29, 1.82) is 0 Å². The van der Waals surface area contributed by atoms with E-state index < -0.39 is 0 Å². The molecule has 1 aromatic rings. The number of ether oxygens (including phenoxy) is 2. The van der Waals surface area contributed by atoms with Crippen molar-refractivity contribution in [2.75, 3.05) is 14.2 Å². The third kappa shape index (κ3) is 2.55. The molecule has 0 saturated heterocycles. The van der Waals surface area contributed by atoms with Gasteiger partial charge in [0.25, 0.3) is 0 Å². The van der Waals surface area contributed by atoms with E-state index in [0.29, 0.717) is 17.2 Å². The van der Waals surface area contributed by atoms with E-state index in [1.54, 1.807) is 7.11 Å². The van der Waals surface area contributed by atoms with Crippen LogP contribution in [-0.4, -0.2) is 20.2 Å². The largest absolute Gasteiger partial charge is 0.496 e. The maximum absolute atomic E-state index is 11.7. The minimum atomic E-state index is -0.353. The Labute approximate surface area is 107 Å². The highest BCUT2D eigenvalue weighted by molar-refractivity contribution is 5.92. The Morgan fingerprint density at radius 3 is 2.78 bits per heavy atom. The highest BCUT2D eigenvalue weighted by Crippen LogP contribution is 2.31. The second kappa shape index (κ2) is 5.71. The van der Waals surface area contributed by atoms with Gasteiger partial charge in [-0.2, -0.15) is 0 Å². The van der Waals surface area contributed by atoms with Crippen molar-refractivity contribution in [3.8, 4) is 5.75 Å². The zero-order valence-electron chi connectivity index (χ0n) is 10.8. The van der Waals surface area contributed by atoms with Gasteiger partial charge in [0.05, 0.1) is 14.2 Å². The van der Waals surface area contributed by atoms with E-state index in [2.05, 4.69) is 12.2 Å². The fourth-order valence-corrected chi connectivity index (χ4v) is 2.32. The number of benzene rings is 1. The summed E-state index contributed by atoms with van der Waals surface area (Å²) in [5.74, 6) is 0.604. The summed E-state index contributed by atoms with van der Waals surface area (Å²) in [6.45, 7) is 0. The molecule has 0 fully saturated rings. The SMILES string of the molecule is COC(=O)c1cc(C2C=CCCC2)ccc1OC. The summed E-state index contributed by atoms with van der Waals surface area (Å²) >= 11 is 0. The van der Waals surface area contributed by atoms with Crippen LogP contribution in [0.2, 0.25) is 0 Å². The van der Waals surface area contributed by atoms with Gasteiger partial charge in [0.15, 0.2) is 0 Å². The van der Waals surface area contributed by atoms with Gasteiger partial charge in [0.1, 0.15) is 11.3 Å². The number of carbonyl (C=O) groups excluding carboxylic acids is 1. The fraction of sp³-hybridized carbons (Fsp3) is 0.400. The predicted molar refractivity (Wildman–Crippen MR) is 70.1 cm³/mol. The zero-order chi connectivity index (χ0) is 13.0. The molecule has 0 saturated carbocycles. The molecule has 0 bridgehead atoms. The van der Waals surface area contributed by atoms with Crippen LogP contribution in [0, 0.1) is 0 Å². The number of esters is 1. The molecule has 0 radical (unpaired) electrons. The molecule has 0 N–H and O–H groups in total. The molecule has 3 nitrogen and oxygen atoms in total. The minimum absolute atomic E-state index is 0.353. The second-order valence-electron chi connectivity index (χ2n) is 4.42. The Morgan fingerprint density at radius 1 is 1.33 bits per heavy atom. The van der Waals surface area contributed by atoms with E-state index in [4.69, 9.17) is 9.47 Å². The van der Waals surface area contributed by atoms with Gasteiger partial charge in [-0.05, 0) is 37.0 Å². The van der Waals surface area contributed by atoms with Gasteiger partial charge in [-0.1, -0.05) is 18.2 Å². The molecular weight excluding hydrogens is 228 g/mol. The first-order chi connectivity index (χ1) is 8.76. The Balaban J connectivity index is 2.35. The highest BCUT2D eigenvalue weighted by atomic mass is 16.5. The molecule has 3 heteroatoms. The second-order valence-corrected chi connectivity index (χ2v) is 4.42. The molecule has 0 heterocycles. The summed E-state index contributed by atoms with van der Waals surface area (Å²) in [6.07, 6.45) is 7.89. The molecule has 0 aliphatic heterocycles. The lowest BCUT2D eigenvalue weighted by Gasteiger charge is -2.18. The zero-order valence-corrected chi connectivity index (χ0v) is 10.8. The van der Waals surface area contributed by atoms with E-state index in [0.717, 1.165) is 18.4 Å². The van der Waals surface area contributed by atoms with Crippen LogP contribution >= 0.6 is 0 Å². The molecular formula is C15H18O3. The van der Waals surface area contributed by atoms with Crippen LogP contribution in [0.3, 0.4) is 0 Å². The summed E-state index contributed by atoms with van der Waals surface area (Å²) in [5.41, 5.74) is 1.64. The van der Waals surface area contributed by atoms with Crippen molar-refractivity contribution in [1.82, 2.24) is 0 Å². The first-order valence-electron chi connectivity index (χ1n) is 6.19. The number of methoxy groups -OCH3 is 2. The highest BCUT2D eigenvalue weighted by Gasteiger charge is 2.17. The third-order valence-corrected chi connectivity index (χ3v) is 3.31. The number of carbonyl (C=O) groups is 1. The molecule has 1 aliphatic carbocycles. The molecule has 96 valence electrons. The van der Waals surface area contributed by atoms with Gasteiger partial charge in [0.2, 0.25) is 0 Å². The Hall–Kier alpha value is -1.77. The van der Waals surface area contributed by atoms with Gasteiger partial charge in [-0.25, -0.2) is 4.79 Å². The van der Waals surface area contributed by atoms with Crippen LogP contribution in [0.15, 0.2) is 30.4 Å². The molecule has 18 heavy (non-hydrogen) atoms. The molecule has 1 unspecified atom stereocenters. The number of allylic oxidation sites excluding steroid dienone is 2. The van der Waals surface area contributed by atoms with E-state index in [-0.39, 0.29) is 5.97 Å². The summed E-state index contributed by atoms with van der Waals surface area (Å²) < 4.78 is 9.98. The Bertz CT molecular complexity index is 463. The topological polar surface area (TPSA) is 35.5 Å². The van der Waals surface area contributed by atoms with Gasteiger partial charge in [0, 0.05) is 5.92 Å². The monoisotopic (exact) mass is 246 g/mol. The number of hydrogen-bond acceptors (Lipinski definition) is 3. The fourth-order valence-electron chi connectivity index (χ4n) is 2.32. The summed E-state index contributed by atoms with van der Waals surface area (Å²) in [5, 5.41) is 0. The summed E-state index contributed by atoms with van der Waals surface area (Å²) in [6, 6.07) is 5.74. The standard InChI is InChI=1S/C15H18O3/c1-17-14-9-8-12(10-13(14)15(16)18-2)11-6-4-3-5-7-11/h4,6,8-11H,3,5,7H2,1-2H3. The van der Waals surface area contributed by atoms with E-state index in [1.165, 1.54) is 13.5 Å². The lowest BCUT2D eigenvalue weighted by atomic mass is 9.88. The maximum Gasteiger partial charge on any atom is 0.341 e. The van der Waals surface area contributed by atoms with Gasteiger partial charge < -0.3 is 9.47 Å². The Morgan fingerprint density at radius 2 is 2.17 bits per heavy atom. The van der Waals surface area contributed by atoms with Crippen molar-refractivity contribution in [3.63, 3.8) is 0 Å². The van der Waals surface area contributed by atoms with Gasteiger partial charge >= 0.3 is 5.97 Å². The van der Waals surface area contributed by atoms with Crippen LogP contribution in [-0.2, 0) is 4.74 Å². The maximum atomic E-state index is 11.7. The first-order valence-corrected chi connectivity index (χ1v) is 6.19. The van der Waals surface area contributed by atoms with Crippen LogP contribution in [0.4, 0.5) is 0 Å². The molecule has 0 aromatic heterocycles. The molecule has 2 rings (SSSR count). The van der Waals surface area contributed by atoms with Crippen LogP contribution in [0.5, 0.6) is 5.75 Å². The van der Waals surface area contributed by atoms with Gasteiger partial charge in [-0.15, -0.1) is 0 Å². The number of rotatable bonds is 3. The predicted octanol–water partition coefficient (Wildman–Crippen LogP) is 3.31. The van der Waals surface area contributed by atoms with Gasteiger partial charge in [-0.3, -0.25) is 0 Å². The van der Waals surface area contributed by atoms with Crippen LogP contribution < -0.4 is 4.74 Å². The average molecular weight is 246 g/mol. The average Bonchev–Trinajstić information content (AvgIpc) is 2.46. The summed E-state index contributed by atoms with van der Waals surface area (Å²) in [7, 11) is 2.94. The normalized spacial score (nSPS) is 18.4. The van der Waals surface area contributed by atoms with E-state index in [1.807, 2.05) is 18.2 Å². The van der Waals surface area contributed by atoms with E-state index in [9.17, 15) is 4.79 Å². The quantitative estimate of drug-likeness (QED) is 0.606. The van der Waals surface area contributed by atoms with Crippen molar-refractivity contribution < 1.29 is 14.3 Å². The van der Waals surface area contributed by atoms with Crippen LogP contribution in [0.1, 0.15) is 41.1 Å². The molecule has 1 aliphatic rings. The van der Waals surface area contributed by atoms with Crippen molar-refractivity contribution in [3.05, 3.63) is 41.5 Å². The van der Waals surface area contributed by atoms with Crippen molar-refractivity contribution in [2.24, 2.45) is 0 Å². The lowest BCUT2D eigenvalue weighted by molar-refractivity contribution is 0.0597. The minimum Gasteiger partial charge on any atom is -0.496 e. The third-order valence-electron chi connectivity index (χ3n) is 3.31. The molecule has 1 atom stereocenters. The van der Waals surface area contributed by atoms with Crippen molar-refractivity contribution >= 4 is 5.97 Å². The van der Waals surface area contributed by atoms with E-state index >= 15 is 0 Å². The number of hydrogen-bond donors (Lipinski definition) is 0. The first kappa shape index (κ1) is 12.7. The molecule has 0 spiro atoms. The smallest absolute Gasteiger partial charge is 0.341 e.